The van der Waals surface area contributed by atoms with E-state index in [2.05, 4.69) is 20.1 Å². The molecule has 0 atom stereocenters. The predicted octanol–water partition coefficient (Wildman–Crippen LogP) is 0.399. The molecule has 1 aliphatic heterocycles. The van der Waals surface area contributed by atoms with E-state index in [0.717, 1.165) is 50.3 Å². The van der Waals surface area contributed by atoms with Crippen molar-refractivity contribution in [3.05, 3.63) is 46.0 Å². The van der Waals surface area contributed by atoms with Gasteiger partial charge in [0.15, 0.2) is 0 Å². The fourth-order valence-corrected chi connectivity index (χ4v) is 3.38. The number of amides is 1. The van der Waals surface area contributed by atoms with Crippen molar-refractivity contribution in [2.75, 3.05) is 32.7 Å². The zero-order valence-electron chi connectivity index (χ0n) is 15.1. The summed E-state index contributed by atoms with van der Waals surface area (Å²) >= 11 is 0. The second-order valence-electron chi connectivity index (χ2n) is 7.41. The third-order valence-corrected chi connectivity index (χ3v) is 5.02. The van der Waals surface area contributed by atoms with Gasteiger partial charge < -0.3 is 5.32 Å². The van der Waals surface area contributed by atoms with Crippen LogP contribution >= 0.6 is 0 Å². The topological polar surface area (TPSA) is 70.0 Å². The maximum Gasteiger partial charge on any atom is 0.258 e. The van der Waals surface area contributed by atoms with E-state index in [9.17, 15) is 9.59 Å². The van der Waals surface area contributed by atoms with Gasteiger partial charge in [-0.1, -0.05) is 6.07 Å². The lowest BCUT2D eigenvalue weighted by atomic mass is 10.2. The number of nitrogens with zero attached hydrogens (tertiary/aromatic N) is 4. The van der Waals surface area contributed by atoms with Crippen LogP contribution in [0.1, 0.15) is 24.1 Å². The number of pyridine rings is 1. The number of hydrogen-bond donors (Lipinski definition) is 1. The number of piperazine rings is 1. The molecule has 7 heteroatoms. The molecule has 0 spiro atoms. The summed E-state index contributed by atoms with van der Waals surface area (Å²) in [6.45, 7) is 6.61. The number of fused-ring (bicyclic) bond motifs is 1. The summed E-state index contributed by atoms with van der Waals surface area (Å²) in [7, 11) is 0. The Morgan fingerprint density at radius 3 is 2.65 bits per heavy atom. The number of hydrogen-bond acceptors (Lipinski definition) is 5. The Hall–Kier alpha value is -2.25. The van der Waals surface area contributed by atoms with Gasteiger partial charge in [-0.15, -0.1) is 0 Å². The van der Waals surface area contributed by atoms with Gasteiger partial charge in [-0.25, -0.2) is 4.98 Å². The highest BCUT2D eigenvalue weighted by Crippen LogP contribution is 2.18. The number of carbonyl (C=O) groups is 1. The van der Waals surface area contributed by atoms with Crippen molar-refractivity contribution in [2.24, 2.45) is 0 Å². The first-order valence-corrected chi connectivity index (χ1v) is 9.30. The molecule has 2 aromatic rings. The van der Waals surface area contributed by atoms with E-state index in [-0.39, 0.29) is 11.5 Å². The molecule has 1 saturated carbocycles. The van der Waals surface area contributed by atoms with E-state index in [4.69, 9.17) is 0 Å². The highest BCUT2D eigenvalue weighted by atomic mass is 16.2. The van der Waals surface area contributed by atoms with Crippen LogP contribution < -0.4 is 10.9 Å². The Kier molecular flexibility index (Phi) is 4.74. The second-order valence-corrected chi connectivity index (χ2v) is 7.41. The van der Waals surface area contributed by atoms with Gasteiger partial charge in [0.25, 0.3) is 5.56 Å². The normalized spacial score (nSPS) is 19.0. The Morgan fingerprint density at radius 1 is 1.19 bits per heavy atom. The first-order valence-electron chi connectivity index (χ1n) is 9.30. The third-order valence-electron chi connectivity index (χ3n) is 5.02. The lowest BCUT2D eigenvalue weighted by molar-refractivity contribution is -0.122. The van der Waals surface area contributed by atoms with Crippen LogP contribution in [0, 0.1) is 6.92 Å². The fraction of sp³-hybridized carbons (Fsp3) is 0.526. The van der Waals surface area contributed by atoms with Gasteiger partial charge in [-0.3, -0.25) is 23.8 Å². The van der Waals surface area contributed by atoms with Gasteiger partial charge in [0, 0.05) is 51.0 Å². The maximum atomic E-state index is 12.3. The van der Waals surface area contributed by atoms with E-state index < -0.39 is 0 Å². The van der Waals surface area contributed by atoms with E-state index in [1.165, 1.54) is 0 Å². The third kappa shape index (κ3) is 4.11. The summed E-state index contributed by atoms with van der Waals surface area (Å²) in [4.78, 5) is 33.3. The molecule has 138 valence electrons. The van der Waals surface area contributed by atoms with Crippen molar-refractivity contribution in [3.8, 4) is 0 Å². The molecule has 0 unspecified atom stereocenters. The molecule has 1 amide bonds. The Balaban J connectivity index is 1.34. The van der Waals surface area contributed by atoms with Gasteiger partial charge in [0.05, 0.1) is 12.2 Å². The molecule has 4 rings (SSSR count). The zero-order valence-corrected chi connectivity index (χ0v) is 15.1. The first-order chi connectivity index (χ1) is 12.6. The molecular weight excluding hydrogens is 330 g/mol. The number of nitrogens with one attached hydrogen (secondary N) is 1. The number of carbonyl (C=O) groups excluding carboxylic acids is 1. The second kappa shape index (κ2) is 7.17. The minimum atomic E-state index is -0.0379. The minimum absolute atomic E-state index is 0.0379. The van der Waals surface area contributed by atoms with Crippen LogP contribution in [0.15, 0.2) is 29.2 Å². The van der Waals surface area contributed by atoms with E-state index in [0.29, 0.717) is 24.8 Å². The summed E-state index contributed by atoms with van der Waals surface area (Å²) in [5, 5.41) is 3.04. The minimum Gasteiger partial charge on any atom is -0.352 e. The summed E-state index contributed by atoms with van der Waals surface area (Å²) in [6, 6.07) is 5.90. The maximum absolute atomic E-state index is 12.3. The van der Waals surface area contributed by atoms with Crippen molar-refractivity contribution in [1.29, 1.82) is 0 Å². The van der Waals surface area contributed by atoms with Crippen LogP contribution in [0.2, 0.25) is 0 Å². The molecule has 3 heterocycles. The lowest BCUT2D eigenvalue weighted by Gasteiger charge is -2.34. The number of rotatable bonds is 5. The Labute approximate surface area is 152 Å². The van der Waals surface area contributed by atoms with Crippen molar-refractivity contribution in [1.82, 2.24) is 24.5 Å². The van der Waals surface area contributed by atoms with Gasteiger partial charge in [0.1, 0.15) is 5.65 Å². The molecule has 2 aromatic heterocycles. The quantitative estimate of drug-likeness (QED) is 0.841. The standard InChI is InChI=1S/C19H25N5O2/c1-14-2-5-17-20-16(10-19(26)24(17)11-14)12-22-6-8-23(9-7-22)13-18(25)21-15-3-4-15/h2,5,10-11,15H,3-4,6-9,12-13H2,1H3,(H,21,25). The van der Waals surface area contributed by atoms with Crippen molar-refractivity contribution < 1.29 is 4.79 Å². The molecule has 2 fully saturated rings. The SMILES string of the molecule is Cc1ccc2nc(CN3CCN(CC(=O)NC4CC4)CC3)cc(=O)n2c1. The largest absolute Gasteiger partial charge is 0.352 e. The highest BCUT2D eigenvalue weighted by Gasteiger charge is 2.25. The molecule has 1 N–H and O–H groups in total. The van der Waals surface area contributed by atoms with E-state index >= 15 is 0 Å². The molecule has 0 bridgehead atoms. The molecule has 0 radical (unpaired) electrons. The number of aromatic nitrogens is 2. The molecule has 7 nitrogen and oxygen atoms in total. The zero-order chi connectivity index (χ0) is 18.1. The van der Waals surface area contributed by atoms with Gasteiger partial charge in [-0.2, -0.15) is 0 Å². The molecule has 26 heavy (non-hydrogen) atoms. The summed E-state index contributed by atoms with van der Waals surface area (Å²) in [5.41, 5.74) is 2.49. The Bertz CT molecular complexity index is 866. The average molecular weight is 355 g/mol. The van der Waals surface area contributed by atoms with Crippen LogP contribution in [-0.4, -0.2) is 63.9 Å². The Morgan fingerprint density at radius 2 is 1.92 bits per heavy atom. The van der Waals surface area contributed by atoms with Gasteiger partial charge in [0.2, 0.25) is 5.91 Å². The first kappa shape index (κ1) is 17.2. The fourth-order valence-electron chi connectivity index (χ4n) is 3.38. The summed E-state index contributed by atoms with van der Waals surface area (Å²) in [5.74, 6) is 0.139. The van der Waals surface area contributed by atoms with E-state index in [1.54, 1.807) is 10.5 Å². The number of aryl methyl sites for hydroxylation is 1. The monoisotopic (exact) mass is 355 g/mol. The highest BCUT2D eigenvalue weighted by molar-refractivity contribution is 5.78. The van der Waals surface area contributed by atoms with Gasteiger partial charge >= 0.3 is 0 Å². The molecule has 2 aliphatic rings. The summed E-state index contributed by atoms with van der Waals surface area (Å²) in [6.07, 6.45) is 4.07. The smallest absolute Gasteiger partial charge is 0.258 e. The average Bonchev–Trinajstić information content (AvgIpc) is 3.41. The molecule has 1 saturated heterocycles. The van der Waals surface area contributed by atoms with Crippen LogP contribution in [0.3, 0.4) is 0 Å². The van der Waals surface area contributed by atoms with Crippen LogP contribution in [-0.2, 0) is 11.3 Å². The van der Waals surface area contributed by atoms with Crippen LogP contribution in [0.5, 0.6) is 0 Å². The van der Waals surface area contributed by atoms with Crippen LogP contribution in [0.4, 0.5) is 0 Å². The molecule has 1 aliphatic carbocycles. The van der Waals surface area contributed by atoms with Crippen LogP contribution in [0.25, 0.3) is 5.65 Å². The van der Waals surface area contributed by atoms with E-state index in [1.807, 2.05) is 25.3 Å². The van der Waals surface area contributed by atoms with Gasteiger partial charge in [-0.05, 0) is 31.4 Å². The van der Waals surface area contributed by atoms with Crippen molar-refractivity contribution in [3.63, 3.8) is 0 Å². The summed E-state index contributed by atoms with van der Waals surface area (Å²) < 4.78 is 1.59. The molecular formula is C19H25N5O2. The van der Waals surface area contributed by atoms with Crippen molar-refractivity contribution in [2.45, 2.75) is 32.4 Å². The predicted molar refractivity (Wildman–Crippen MR) is 99.1 cm³/mol. The lowest BCUT2D eigenvalue weighted by Crippen LogP contribution is -2.49. The molecule has 0 aromatic carbocycles. The van der Waals surface area contributed by atoms with Crippen molar-refractivity contribution >= 4 is 11.6 Å².